The molecule has 0 amide bonds. The monoisotopic (exact) mass is 257 g/mol. The van der Waals surface area contributed by atoms with Crippen LogP contribution >= 0.6 is 24.0 Å². The second-order valence-corrected chi connectivity index (χ2v) is 4.62. The van der Waals surface area contributed by atoms with Gasteiger partial charge in [-0.15, -0.1) is 24.0 Å². The summed E-state index contributed by atoms with van der Waals surface area (Å²) in [6.07, 6.45) is 0. The van der Waals surface area contributed by atoms with E-state index in [9.17, 15) is 0 Å². The third-order valence-corrected chi connectivity index (χ3v) is 0.750. The third-order valence-electron chi connectivity index (χ3n) is 0.750. The second-order valence-electron chi connectivity index (χ2n) is 4.62. The molecule has 0 atom stereocenters. The molecule has 2 heteroatoms. The van der Waals surface area contributed by atoms with Gasteiger partial charge in [0.05, 0.1) is 0 Å². The van der Waals surface area contributed by atoms with Gasteiger partial charge in [-0.05, 0) is 41.5 Å². The summed E-state index contributed by atoms with van der Waals surface area (Å²) in [5.41, 5.74) is 0.469. The Hall–Kier alpha value is 0.690. The molecule has 0 rings (SSSR count). The highest BCUT2D eigenvalue weighted by Crippen LogP contribution is 2.08. The van der Waals surface area contributed by atoms with Crippen LogP contribution in [0.15, 0.2) is 0 Å². The molecule has 0 saturated carbocycles. The third kappa shape index (κ3) is 11.5. The van der Waals surface area contributed by atoms with E-state index in [1.807, 2.05) is 0 Å². The number of hydrogen-bond acceptors (Lipinski definition) is 1. The molecule has 0 aromatic heterocycles. The van der Waals surface area contributed by atoms with Crippen molar-refractivity contribution in [3.63, 3.8) is 0 Å². The van der Waals surface area contributed by atoms with Crippen LogP contribution in [0.25, 0.3) is 0 Å². The van der Waals surface area contributed by atoms with E-state index in [-0.39, 0.29) is 35.1 Å². The molecule has 0 bridgehead atoms. The fourth-order valence-corrected chi connectivity index (χ4v) is 1.12. The molecule has 0 radical (unpaired) electrons. The van der Waals surface area contributed by atoms with Crippen molar-refractivity contribution >= 4 is 24.0 Å². The van der Waals surface area contributed by atoms with Crippen LogP contribution in [0.2, 0.25) is 0 Å². The van der Waals surface area contributed by atoms with Crippen molar-refractivity contribution in [1.29, 1.82) is 0 Å². The summed E-state index contributed by atoms with van der Waals surface area (Å²) in [5.74, 6) is 0. The van der Waals surface area contributed by atoms with Gasteiger partial charge in [0.25, 0.3) is 0 Å². The molecule has 0 saturated heterocycles. The average Bonchev–Trinajstić information content (AvgIpc) is 1.14. The molecule has 0 aliphatic rings. The highest BCUT2D eigenvalue weighted by atomic mass is 127. The molecule has 0 aliphatic carbocycles. The molecule has 0 aliphatic heterocycles. The molecule has 1 nitrogen and oxygen atoms in total. The molecule has 0 heterocycles. The van der Waals surface area contributed by atoms with Crippen molar-refractivity contribution in [2.24, 2.45) is 0 Å². The van der Waals surface area contributed by atoms with Gasteiger partial charge in [-0.3, -0.25) is 0 Å². The fourth-order valence-electron chi connectivity index (χ4n) is 1.12. The van der Waals surface area contributed by atoms with E-state index in [0.29, 0.717) is 0 Å². The van der Waals surface area contributed by atoms with Crippen molar-refractivity contribution in [1.82, 2.24) is 5.32 Å². The number of halogens is 1. The van der Waals surface area contributed by atoms with Crippen LogP contribution in [0.1, 0.15) is 41.5 Å². The first-order chi connectivity index (χ1) is 3.71. The van der Waals surface area contributed by atoms with E-state index in [2.05, 4.69) is 46.9 Å². The maximum Gasteiger partial charge on any atom is 0.0101 e. The molecule has 0 unspecified atom stereocenters. The fraction of sp³-hybridized carbons (Fsp3) is 1.00. The second kappa shape index (κ2) is 3.90. The van der Waals surface area contributed by atoms with E-state index in [4.69, 9.17) is 0 Å². The highest BCUT2D eigenvalue weighted by Gasteiger charge is 2.17. The molecule has 0 spiro atoms. The molecule has 0 fully saturated rings. The minimum atomic E-state index is 0. The standard InChI is InChI=1S/C8H19N.HI/c1-7(2,3)9-8(4,5)6;/h9H,1-6H3;1H. The highest BCUT2D eigenvalue weighted by molar-refractivity contribution is 14.0. The van der Waals surface area contributed by atoms with Gasteiger partial charge >= 0.3 is 0 Å². The smallest absolute Gasteiger partial charge is 0.0101 e. The van der Waals surface area contributed by atoms with Crippen LogP contribution in [0.5, 0.6) is 0 Å². The SMILES string of the molecule is CC(C)(C)NC(C)(C)C.I. The first kappa shape index (κ1) is 13.3. The molecular weight excluding hydrogens is 237 g/mol. The van der Waals surface area contributed by atoms with Crippen LogP contribution < -0.4 is 5.32 Å². The molecule has 0 aromatic rings. The largest absolute Gasteiger partial charge is 0.307 e. The predicted octanol–water partition coefficient (Wildman–Crippen LogP) is 2.79. The average molecular weight is 257 g/mol. The topological polar surface area (TPSA) is 12.0 Å². The maximum atomic E-state index is 3.46. The molecule has 64 valence electrons. The van der Waals surface area contributed by atoms with Gasteiger partial charge in [-0.2, -0.15) is 0 Å². The molecular formula is C8H20IN. The zero-order chi connectivity index (χ0) is 7.71. The Labute approximate surface area is 82.0 Å². The Balaban J connectivity index is 0. The molecule has 0 aromatic carbocycles. The lowest BCUT2D eigenvalue weighted by atomic mass is 10.0. The van der Waals surface area contributed by atoms with Gasteiger partial charge in [-0.25, -0.2) is 0 Å². The maximum absolute atomic E-state index is 3.46. The summed E-state index contributed by atoms with van der Waals surface area (Å²) in [5, 5.41) is 3.46. The van der Waals surface area contributed by atoms with Crippen LogP contribution in [0, 0.1) is 0 Å². The van der Waals surface area contributed by atoms with Gasteiger partial charge in [0.2, 0.25) is 0 Å². The van der Waals surface area contributed by atoms with Gasteiger partial charge in [0.15, 0.2) is 0 Å². The molecule has 10 heavy (non-hydrogen) atoms. The zero-order valence-electron chi connectivity index (χ0n) is 7.91. The van der Waals surface area contributed by atoms with Crippen LogP contribution in [-0.2, 0) is 0 Å². The quantitative estimate of drug-likeness (QED) is 0.658. The lowest BCUT2D eigenvalue weighted by Crippen LogP contribution is -2.48. The Morgan fingerprint density at radius 3 is 0.900 bits per heavy atom. The number of hydrogen-bond donors (Lipinski definition) is 1. The Bertz CT molecular complexity index is 74.4. The van der Waals surface area contributed by atoms with E-state index < -0.39 is 0 Å². The first-order valence-corrected chi connectivity index (χ1v) is 3.50. The van der Waals surface area contributed by atoms with Gasteiger partial charge in [-0.1, -0.05) is 0 Å². The van der Waals surface area contributed by atoms with Crippen LogP contribution in [-0.4, -0.2) is 11.1 Å². The van der Waals surface area contributed by atoms with Gasteiger partial charge in [0, 0.05) is 11.1 Å². The van der Waals surface area contributed by atoms with Crippen molar-refractivity contribution < 1.29 is 0 Å². The number of nitrogens with one attached hydrogen (secondary N) is 1. The zero-order valence-corrected chi connectivity index (χ0v) is 10.2. The summed E-state index contributed by atoms with van der Waals surface area (Å²) in [6, 6.07) is 0. The van der Waals surface area contributed by atoms with Crippen molar-refractivity contribution in [3.8, 4) is 0 Å². The van der Waals surface area contributed by atoms with Gasteiger partial charge < -0.3 is 5.32 Å². The number of rotatable bonds is 0. The normalized spacial score (nSPS) is 12.6. The summed E-state index contributed by atoms with van der Waals surface area (Å²) in [4.78, 5) is 0. The summed E-state index contributed by atoms with van der Waals surface area (Å²) in [6.45, 7) is 13.1. The Kier molecular flexibility index (Phi) is 5.19. The van der Waals surface area contributed by atoms with Crippen LogP contribution in [0.4, 0.5) is 0 Å². The lowest BCUT2D eigenvalue weighted by molar-refractivity contribution is 0.303. The van der Waals surface area contributed by atoms with E-state index in [1.165, 1.54) is 0 Å². The first-order valence-electron chi connectivity index (χ1n) is 3.50. The van der Waals surface area contributed by atoms with Crippen molar-refractivity contribution in [2.75, 3.05) is 0 Å². The molecule has 1 N–H and O–H groups in total. The summed E-state index contributed by atoms with van der Waals surface area (Å²) >= 11 is 0. The van der Waals surface area contributed by atoms with Crippen molar-refractivity contribution in [2.45, 2.75) is 52.6 Å². The minimum absolute atomic E-state index is 0. The van der Waals surface area contributed by atoms with E-state index in [0.717, 1.165) is 0 Å². The van der Waals surface area contributed by atoms with Crippen molar-refractivity contribution in [3.05, 3.63) is 0 Å². The predicted molar refractivity (Wildman–Crippen MR) is 58.1 cm³/mol. The summed E-state index contributed by atoms with van der Waals surface area (Å²) < 4.78 is 0. The van der Waals surface area contributed by atoms with Crippen LogP contribution in [0.3, 0.4) is 0 Å². The lowest BCUT2D eigenvalue weighted by Gasteiger charge is -2.31. The van der Waals surface area contributed by atoms with Gasteiger partial charge in [0.1, 0.15) is 0 Å². The Morgan fingerprint density at radius 1 is 0.700 bits per heavy atom. The van der Waals surface area contributed by atoms with E-state index >= 15 is 0 Å². The summed E-state index contributed by atoms with van der Waals surface area (Å²) in [7, 11) is 0. The Morgan fingerprint density at radius 2 is 0.900 bits per heavy atom. The minimum Gasteiger partial charge on any atom is -0.307 e. The van der Waals surface area contributed by atoms with E-state index in [1.54, 1.807) is 0 Å².